The van der Waals surface area contributed by atoms with Gasteiger partial charge in [-0.2, -0.15) is 0 Å². The zero-order chi connectivity index (χ0) is 15.9. The molecular weight excluding hydrogens is 300 g/mol. The van der Waals surface area contributed by atoms with Crippen LogP contribution in [0.1, 0.15) is 11.1 Å². The molecule has 0 spiro atoms. The number of hydrogen-bond donors (Lipinski definition) is 1. The van der Waals surface area contributed by atoms with Gasteiger partial charge in [0.1, 0.15) is 0 Å². The molecule has 1 heterocycles. The molecule has 0 bridgehead atoms. The average Bonchev–Trinajstić information content (AvgIpc) is 3.02. The third kappa shape index (κ3) is 3.06. The van der Waals surface area contributed by atoms with E-state index in [1.807, 2.05) is 0 Å². The number of hydrogen-bond acceptors (Lipinski definition) is 4. The number of benzene rings is 1. The van der Waals surface area contributed by atoms with Gasteiger partial charge in [0.15, 0.2) is 0 Å². The molecule has 1 N–H and O–H groups in total. The van der Waals surface area contributed by atoms with Crippen LogP contribution < -0.4 is 0 Å². The van der Waals surface area contributed by atoms with Gasteiger partial charge in [-0.25, -0.2) is 12.7 Å². The molecule has 1 aliphatic carbocycles. The number of rotatable bonds is 4. The second-order valence-electron chi connectivity index (χ2n) is 6.67. The van der Waals surface area contributed by atoms with Crippen LogP contribution in [-0.4, -0.2) is 67.8 Å². The Bertz CT molecular complexity index is 620. The van der Waals surface area contributed by atoms with Gasteiger partial charge < -0.3 is 5.11 Å². The van der Waals surface area contributed by atoms with E-state index in [0.717, 1.165) is 12.8 Å². The minimum absolute atomic E-state index is 0.0251. The fourth-order valence-corrected chi connectivity index (χ4v) is 4.73. The molecule has 1 aromatic carbocycles. The van der Waals surface area contributed by atoms with E-state index in [9.17, 15) is 13.5 Å². The Morgan fingerprint density at radius 1 is 1.18 bits per heavy atom. The summed E-state index contributed by atoms with van der Waals surface area (Å²) in [6, 6.07) is 8.84. The zero-order valence-electron chi connectivity index (χ0n) is 13.1. The molecule has 6 heteroatoms. The first-order valence-electron chi connectivity index (χ1n) is 7.76. The Balaban J connectivity index is 1.65. The van der Waals surface area contributed by atoms with E-state index in [2.05, 4.69) is 29.2 Å². The normalized spacial score (nSPS) is 26.7. The van der Waals surface area contributed by atoms with Gasteiger partial charge in [-0.3, -0.25) is 4.90 Å². The summed E-state index contributed by atoms with van der Waals surface area (Å²) in [7, 11) is -0.181. The highest BCUT2D eigenvalue weighted by Gasteiger charge is 2.39. The summed E-state index contributed by atoms with van der Waals surface area (Å²) in [5, 5.41) is 10.3. The van der Waals surface area contributed by atoms with Crippen molar-refractivity contribution in [3.8, 4) is 0 Å². The van der Waals surface area contributed by atoms with Crippen molar-refractivity contribution in [1.29, 1.82) is 0 Å². The van der Waals surface area contributed by atoms with Gasteiger partial charge in [0.25, 0.3) is 0 Å². The van der Waals surface area contributed by atoms with Gasteiger partial charge in [-0.1, -0.05) is 24.3 Å². The molecule has 122 valence electrons. The average molecular weight is 324 g/mol. The molecule has 0 amide bonds. The van der Waals surface area contributed by atoms with Crippen molar-refractivity contribution in [1.82, 2.24) is 9.21 Å². The Morgan fingerprint density at radius 3 is 2.32 bits per heavy atom. The fourth-order valence-electron chi connectivity index (χ4n) is 3.56. The molecule has 3 rings (SSSR count). The summed E-state index contributed by atoms with van der Waals surface area (Å²) >= 11 is 0. The van der Waals surface area contributed by atoms with Gasteiger partial charge in [0.2, 0.25) is 10.0 Å². The molecule has 1 aromatic rings. The smallest absolute Gasteiger partial charge is 0.214 e. The van der Waals surface area contributed by atoms with Crippen LogP contribution in [0.5, 0.6) is 0 Å². The highest BCUT2D eigenvalue weighted by molar-refractivity contribution is 7.89. The van der Waals surface area contributed by atoms with Crippen LogP contribution in [0.2, 0.25) is 0 Å². The maximum atomic E-state index is 12.0. The summed E-state index contributed by atoms with van der Waals surface area (Å²) in [4.78, 5) is 2.26. The summed E-state index contributed by atoms with van der Waals surface area (Å²) in [6.07, 6.45) is 1.44. The van der Waals surface area contributed by atoms with Crippen LogP contribution >= 0.6 is 0 Å². The van der Waals surface area contributed by atoms with Crippen molar-refractivity contribution >= 4 is 10.0 Å². The first kappa shape index (κ1) is 15.9. The van der Waals surface area contributed by atoms with E-state index in [0.29, 0.717) is 19.1 Å². The summed E-state index contributed by atoms with van der Waals surface area (Å²) in [5.74, 6) is -0.173. The number of aliphatic hydroxyl groups excluding tert-OH is 1. The number of aliphatic hydroxyl groups is 1. The zero-order valence-corrected chi connectivity index (χ0v) is 14.0. The third-order valence-corrected chi connectivity index (χ3v) is 6.92. The minimum Gasteiger partial charge on any atom is -0.391 e. The van der Waals surface area contributed by atoms with Gasteiger partial charge in [0.05, 0.1) is 11.9 Å². The van der Waals surface area contributed by atoms with Crippen molar-refractivity contribution in [2.24, 2.45) is 5.92 Å². The van der Waals surface area contributed by atoms with E-state index in [1.165, 1.54) is 15.4 Å². The number of sulfonamides is 1. The molecule has 1 aliphatic heterocycles. The molecule has 2 atom stereocenters. The number of fused-ring (bicyclic) bond motifs is 1. The molecular formula is C16H24N2O3S. The number of β-amino-alcohol motifs (C(OH)–C–C–N with tert-alkyl or cyclic N) is 1. The molecule has 22 heavy (non-hydrogen) atoms. The predicted octanol–water partition coefficient (Wildman–Crippen LogP) is 0.338. The fraction of sp³-hybridized carbons (Fsp3) is 0.625. The molecule has 0 radical (unpaired) electrons. The standard InChI is InChI=1S/C16H24N2O3S/c1-17(2)22(20,21)11-14-9-18(10-16(14)19)15-7-12-5-3-4-6-13(12)8-15/h3-6,14-16,19H,7-11H2,1-2H3/t14-,16-/m0/s1. The van der Waals surface area contributed by atoms with E-state index in [1.54, 1.807) is 14.1 Å². The second-order valence-corrected chi connectivity index (χ2v) is 8.90. The molecule has 2 aliphatic rings. The van der Waals surface area contributed by atoms with Crippen LogP contribution in [0.15, 0.2) is 24.3 Å². The summed E-state index contributed by atoms with van der Waals surface area (Å²) < 4.78 is 25.3. The first-order valence-corrected chi connectivity index (χ1v) is 9.37. The summed E-state index contributed by atoms with van der Waals surface area (Å²) in [6.45, 7) is 1.24. The molecule has 5 nitrogen and oxygen atoms in total. The molecule has 0 saturated carbocycles. The monoisotopic (exact) mass is 324 g/mol. The van der Waals surface area contributed by atoms with Crippen molar-refractivity contribution in [3.63, 3.8) is 0 Å². The van der Waals surface area contributed by atoms with Crippen LogP contribution in [0.3, 0.4) is 0 Å². The van der Waals surface area contributed by atoms with Gasteiger partial charge in [-0.15, -0.1) is 0 Å². The van der Waals surface area contributed by atoms with Gasteiger partial charge in [-0.05, 0) is 24.0 Å². The van der Waals surface area contributed by atoms with Crippen LogP contribution in [0, 0.1) is 5.92 Å². The van der Waals surface area contributed by atoms with E-state index in [-0.39, 0.29) is 11.7 Å². The maximum Gasteiger partial charge on any atom is 0.214 e. The Hall–Kier alpha value is -0.950. The van der Waals surface area contributed by atoms with Crippen molar-refractivity contribution < 1.29 is 13.5 Å². The van der Waals surface area contributed by atoms with Crippen LogP contribution in [-0.2, 0) is 22.9 Å². The van der Waals surface area contributed by atoms with Crippen molar-refractivity contribution in [2.45, 2.75) is 25.0 Å². The van der Waals surface area contributed by atoms with Crippen LogP contribution in [0.25, 0.3) is 0 Å². The van der Waals surface area contributed by atoms with Crippen molar-refractivity contribution in [2.75, 3.05) is 32.9 Å². The minimum atomic E-state index is -3.27. The number of nitrogens with zero attached hydrogens (tertiary/aromatic N) is 2. The second kappa shape index (κ2) is 5.92. The Kier molecular flexibility index (Phi) is 4.29. The Morgan fingerprint density at radius 2 is 1.77 bits per heavy atom. The lowest BCUT2D eigenvalue weighted by Gasteiger charge is -2.23. The highest BCUT2D eigenvalue weighted by Crippen LogP contribution is 2.30. The van der Waals surface area contributed by atoms with E-state index >= 15 is 0 Å². The number of likely N-dealkylation sites (tertiary alicyclic amines) is 1. The lowest BCUT2D eigenvalue weighted by molar-refractivity contribution is 0.142. The Labute approximate surface area is 132 Å². The predicted molar refractivity (Wildman–Crippen MR) is 86.2 cm³/mol. The first-order chi connectivity index (χ1) is 10.4. The molecule has 0 aromatic heterocycles. The van der Waals surface area contributed by atoms with Crippen LogP contribution in [0.4, 0.5) is 0 Å². The van der Waals surface area contributed by atoms with Crippen molar-refractivity contribution in [3.05, 3.63) is 35.4 Å². The molecule has 1 saturated heterocycles. The maximum absolute atomic E-state index is 12.0. The third-order valence-electron chi connectivity index (χ3n) is 4.96. The topological polar surface area (TPSA) is 60.9 Å². The van der Waals surface area contributed by atoms with E-state index in [4.69, 9.17) is 0 Å². The lowest BCUT2D eigenvalue weighted by atomic mass is 10.1. The van der Waals surface area contributed by atoms with E-state index < -0.39 is 16.1 Å². The molecule has 0 unspecified atom stereocenters. The SMILES string of the molecule is CN(C)S(=O)(=O)C[C@@H]1CN(C2Cc3ccccc3C2)C[C@@H]1O. The van der Waals surface area contributed by atoms with Gasteiger partial charge >= 0.3 is 0 Å². The largest absolute Gasteiger partial charge is 0.391 e. The van der Waals surface area contributed by atoms with Gasteiger partial charge in [0, 0.05) is 39.1 Å². The summed E-state index contributed by atoms with van der Waals surface area (Å²) in [5.41, 5.74) is 2.76. The quantitative estimate of drug-likeness (QED) is 0.867. The molecule has 1 fully saturated rings. The highest BCUT2D eigenvalue weighted by atomic mass is 32.2. The lowest BCUT2D eigenvalue weighted by Crippen LogP contribution is -2.35.